The summed E-state index contributed by atoms with van der Waals surface area (Å²) in [6.45, 7) is 27.2. The summed E-state index contributed by atoms with van der Waals surface area (Å²) in [6.07, 6.45) is 18.2. The number of piperazine rings is 1. The van der Waals surface area contributed by atoms with Gasteiger partial charge in [0.15, 0.2) is 0 Å². The van der Waals surface area contributed by atoms with Gasteiger partial charge in [-0.3, -0.25) is 10.1 Å². The van der Waals surface area contributed by atoms with Gasteiger partial charge in [0.1, 0.15) is 5.69 Å². The second kappa shape index (κ2) is 14.9. The quantitative estimate of drug-likeness (QED) is 0.294. The summed E-state index contributed by atoms with van der Waals surface area (Å²) in [5.74, 6) is 0.525. The number of hydrogen-bond acceptors (Lipinski definition) is 6. The van der Waals surface area contributed by atoms with Crippen molar-refractivity contribution in [1.29, 1.82) is 0 Å². The Bertz CT molecular complexity index is 1520. The molecule has 1 aliphatic carbocycles. The molecular weight excluding hydrogens is 530 g/mol. The van der Waals surface area contributed by atoms with Gasteiger partial charge in [0, 0.05) is 60.2 Å². The van der Waals surface area contributed by atoms with Crippen LogP contribution in [-0.2, 0) is 0 Å². The number of pyridine rings is 1. The van der Waals surface area contributed by atoms with Crippen LogP contribution in [0.3, 0.4) is 0 Å². The topological polar surface area (TPSA) is 72.1 Å². The van der Waals surface area contributed by atoms with Gasteiger partial charge in [0.05, 0.1) is 22.9 Å². The molecule has 7 nitrogen and oxygen atoms in total. The Hall–Kier alpha value is -4.10. The maximum Gasteiger partial charge on any atom is 0.115 e. The standard InChI is InChI=1S/C36H49N7/c1-9-14-35(43-19-17-42(8)18-20-43)25(3)26(4)38-29(7)36-34(28(6)40-41-36)22-30(10-2)32-21-33(24-37-23-32)39-27(5)31-15-12-11-13-16-31/h9-10,14,21-24,31,38-40H,1,5-7,11-13,15-20H2,2-4,8H3/b26-25+,30-10+,34-22+,35-14+. The van der Waals surface area contributed by atoms with Crippen LogP contribution in [-0.4, -0.2) is 58.2 Å². The molecule has 1 saturated heterocycles. The van der Waals surface area contributed by atoms with Gasteiger partial charge in [0.25, 0.3) is 0 Å². The maximum atomic E-state index is 4.58. The molecule has 4 rings (SSSR count). The highest BCUT2D eigenvalue weighted by atomic mass is 15.3. The first-order valence-electron chi connectivity index (χ1n) is 15.4. The van der Waals surface area contributed by atoms with Crippen molar-refractivity contribution in [3.05, 3.63) is 101 Å². The van der Waals surface area contributed by atoms with Crippen LogP contribution in [0.25, 0.3) is 23.9 Å². The number of rotatable bonds is 11. The number of allylic oxidation sites excluding steroid dienone is 7. The lowest BCUT2D eigenvalue weighted by Gasteiger charge is -2.36. The van der Waals surface area contributed by atoms with Crippen LogP contribution in [0, 0.1) is 5.92 Å². The fraction of sp³-hybridized carbons (Fsp3) is 0.389. The fourth-order valence-electron chi connectivity index (χ4n) is 5.86. The minimum Gasteiger partial charge on any atom is -0.369 e. The molecule has 0 radical (unpaired) electrons. The second-order valence-corrected chi connectivity index (χ2v) is 11.7. The molecule has 0 spiro atoms. The van der Waals surface area contributed by atoms with E-state index in [2.05, 4.69) is 107 Å². The summed E-state index contributed by atoms with van der Waals surface area (Å²) in [6, 6.07) is 2.13. The van der Waals surface area contributed by atoms with E-state index in [1.165, 1.54) is 37.8 Å². The van der Waals surface area contributed by atoms with E-state index < -0.39 is 0 Å². The summed E-state index contributed by atoms with van der Waals surface area (Å²) in [4.78, 5) is 9.32. The zero-order chi connectivity index (χ0) is 30.9. The van der Waals surface area contributed by atoms with Crippen LogP contribution in [0.1, 0.15) is 64.1 Å². The van der Waals surface area contributed by atoms with Crippen LogP contribution < -0.4 is 21.2 Å². The summed E-state index contributed by atoms with van der Waals surface area (Å²) in [5.41, 5.74) is 8.86. The lowest BCUT2D eigenvalue weighted by atomic mass is 9.87. The zero-order valence-electron chi connectivity index (χ0n) is 26.6. The van der Waals surface area contributed by atoms with Crippen molar-refractivity contribution >= 4 is 29.6 Å². The van der Waals surface area contributed by atoms with Crippen LogP contribution in [0.4, 0.5) is 5.69 Å². The first kappa shape index (κ1) is 31.8. The van der Waals surface area contributed by atoms with E-state index in [0.717, 1.165) is 76.2 Å². The molecule has 3 heterocycles. The maximum absolute atomic E-state index is 4.58. The van der Waals surface area contributed by atoms with Gasteiger partial charge < -0.3 is 20.4 Å². The number of hydrogen-bond donors (Lipinski definition) is 3. The number of H-pyrrole nitrogens is 1. The Morgan fingerprint density at radius 2 is 1.79 bits per heavy atom. The molecule has 2 aromatic heterocycles. The molecule has 0 unspecified atom stereocenters. The molecule has 0 atom stereocenters. The number of nitrogens with zero attached hydrogens (tertiary/aromatic N) is 4. The third-order valence-corrected chi connectivity index (χ3v) is 8.66. The second-order valence-electron chi connectivity index (χ2n) is 11.7. The van der Waals surface area contributed by atoms with Crippen molar-refractivity contribution in [2.75, 3.05) is 38.5 Å². The molecule has 1 aliphatic heterocycles. The number of aromatic nitrogens is 3. The predicted octanol–water partition coefficient (Wildman–Crippen LogP) is 5.78. The Morgan fingerprint density at radius 3 is 2.47 bits per heavy atom. The smallest absolute Gasteiger partial charge is 0.115 e. The molecule has 7 heteroatoms. The molecule has 2 aliphatic rings. The van der Waals surface area contributed by atoms with Crippen molar-refractivity contribution < 1.29 is 0 Å². The SMILES string of the molecule is C=C/C=C(\C(C)=C(/C)NC(=C)c1n[nH]c(=C)/c1=C\C(=C/C)c1cncc(NC(=C)C2CCCCC2)c1)N1CCN(C)CC1. The minimum absolute atomic E-state index is 0.525. The Kier molecular flexibility index (Phi) is 11.0. The molecular formula is C36H49N7. The highest BCUT2D eigenvalue weighted by molar-refractivity contribution is 5.89. The molecule has 0 bridgehead atoms. The van der Waals surface area contributed by atoms with Gasteiger partial charge in [-0.15, -0.1) is 0 Å². The molecule has 0 amide bonds. The molecule has 0 aromatic carbocycles. The van der Waals surface area contributed by atoms with Gasteiger partial charge >= 0.3 is 0 Å². The third-order valence-electron chi connectivity index (χ3n) is 8.66. The van der Waals surface area contributed by atoms with E-state index in [1.54, 1.807) is 0 Å². The largest absolute Gasteiger partial charge is 0.369 e. The third kappa shape index (κ3) is 8.05. The van der Waals surface area contributed by atoms with Gasteiger partial charge in [-0.25, -0.2) is 0 Å². The highest BCUT2D eigenvalue weighted by Gasteiger charge is 2.19. The molecule has 2 fully saturated rings. The van der Waals surface area contributed by atoms with E-state index in [1.807, 2.05) is 25.4 Å². The van der Waals surface area contributed by atoms with E-state index in [4.69, 9.17) is 0 Å². The van der Waals surface area contributed by atoms with Gasteiger partial charge in [0.2, 0.25) is 0 Å². The number of likely N-dealkylation sites (N-methyl/N-ethyl adjacent to an activating group) is 1. The zero-order valence-corrected chi connectivity index (χ0v) is 26.6. The average molecular weight is 580 g/mol. The number of nitrogens with one attached hydrogen (secondary N) is 3. The number of aromatic amines is 1. The first-order valence-corrected chi connectivity index (χ1v) is 15.4. The van der Waals surface area contributed by atoms with Crippen LogP contribution >= 0.6 is 0 Å². The summed E-state index contributed by atoms with van der Waals surface area (Å²) >= 11 is 0. The summed E-state index contributed by atoms with van der Waals surface area (Å²) in [7, 11) is 2.17. The normalized spacial score (nSPS) is 18.3. The number of anilines is 1. The Balaban J connectivity index is 1.55. The van der Waals surface area contributed by atoms with Crippen molar-refractivity contribution in [2.45, 2.75) is 52.9 Å². The van der Waals surface area contributed by atoms with Crippen molar-refractivity contribution in [2.24, 2.45) is 5.92 Å². The molecule has 3 N–H and O–H groups in total. The lowest BCUT2D eigenvalue weighted by molar-refractivity contribution is 0.188. The van der Waals surface area contributed by atoms with Gasteiger partial charge in [-0.1, -0.05) is 57.7 Å². The fourth-order valence-corrected chi connectivity index (χ4v) is 5.86. The van der Waals surface area contributed by atoms with Crippen molar-refractivity contribution in [3.63, 3.8) is 0 Å². The first-order chi connectivity index (χ1) is 20.7. The van der Waals surface area contributed by atoms with Gasteiger partial charge in [-0.2, -0.15) is 5.10 Å². The lowest BCUT2D eigenvalue weighted by Crippen LogP contribution is -2.44. The Morgan fingerprint density at radius 1 is 1.07 bits per heavy atom. The monoisotopic (exact) mass is 579 g/mol. The summed E-state index contributed by atoms with van der Waals surface area (Å²) in [5, 5.41) is 16.3. The van der Waals surface area contributed by atoms with Crippen LogP contribution in [0.2, 0.25) is 0 Å². The van der Waals surface area contributed by atoms with Crippen LogP contribution in [0.5, 0.6) is 0 Å². The van der Waals surface area contributed by atoms with Gasteiger partial charge in [-0.05, 0) is 75.9 Å². The van der Waals surface area contributed by atoms with E-state index in [9.17, 15) is 0 Å². The molecule has 43 heavy (non-hydrogen) atoms. The van der Waals surface area contributed by atoms with Crippen LogP contribution in [0.15, 0.2) is 79.1 Å². The highest BCUT2D eigenvalue weighted by Crippen LogP contribution is 2.30. The predicted molar refractivity (Wildman–Crippen MR) is 183 cm³/mol. The van der Waals surface area contributed by atoms with Crippen molar-refractivity contribution in [1.82, 2.24) is 30.3 Å². The van der Waals surface area contributed by atoms with E-state index in [-0.39, 0.29) is 0 Å². The molecule has 1 saturated carbocycles. The molecule has 228 valence electrons. The minimum atomic E-state index is 0.525. The average Bonchev–Trinajstić information content (AvgIpc) is 3.39. The van der Waals surface area contributed by atoms with E-state index in [0.29, 0.717) is 11.6 Å². The Labute approximate surface area is 257 Å². The van der Waals surface area contributed by atoms with E-state index >= 15 is 0 Å². The molecule has 2 aromatic rings. The van der Waals surface area contributed by atoms with Crippen molar-refractivity contribution in [3.8, 4) is 0 Å². The summed E-state index contributed by atoms with van der Waals surface area (Å²) < 4.78 is 0.